The maximum absolute atomic E-state index is 13.0. The number of aromatic nitrogens is 2. The molecule has 0 saturated carbocycles. The molecule has 0 aliphatic heterocycles. The number of H-pyrrole nitrogens is 1. The quantitative estimate of drug-likeness (QED) is 0.727. The number of aromatic amines is 1. The normalized spacial score (nSPS) is 10.5. The lowest BCUT2D eigenvalue weighted by Gasteiger charge is -2.05. The highest BCUT2D eigenvalue weighted by Crippen LogP contribution is 2.17. The fourth-order valence-electron chi connectivity index (χ4n) is 1.35. The highest BCUT2D eigenvalue weighted by molar-refractivity contribution is 5.58. The molecule has 0 unspecified atom stereocenters. The zero-order valence-electron chi connectivity index (χ0n) is 7.78. The van der Waals surface area contributed by atoms with E-state index in [1.54, 1.807) is 0 Å². The number of ether oxygens (including phenoxy) is 1. The predicted octanol–water partition coefficient (Wildman–Crippen LogP) is 0.135. The molecule has 0 aliphatic rings. The lowest BCUT2D eigenvalue weighted by atomic mass is 10.3. The molecule has 0 spiro atoms. The number of hydrogen-bond donors (Lipinski definition) is 1. The third-order valence-corrected chi connectivity index (χ3v) is 1.97. The molecule has 6 heteroatoms. The molecule has 0 bridgehead atoms. The Hall–Kier alpha value is -2.11. The third-order valence-electron chi connectivity index (χ3n) is 1.97. The number of nitrogens with one attached hydrogen (secondary N) is 1. The minimum Gasteiger partial charge on any atom is -0.494 e. The summed E-state index contributed by atoms with van der Waals surface area (Å²) in [5, 5.41) is 0. The van der Waals surface area contributed by atoms with Crippen LogP contribution in [0.25, 0.3) is 5.52 Å². The van der Waals surface area contributed by atoms with Crippen LogP contribution in [0.4, 0.5) is 4.39 Å². The smallest absolute Gasteiger partial charge is 0.333 e. The second kappa shape index (κ2) is 3.23. The molecule has 0 amide bonds. The summed E-state index contributed by atoms with van der Waals surface area (Å²) >= 11 is 0. The van der Waals surface area contributed by atoms with Crippen molar-refractivity contribution in [3.05, 3.63) is 45.0 Å². The highest BCUT2D eigenvalue weighted by atomic mass is 19.1. The molecule has 15 heavy (non-hydrogen) atoms. The fourth-order valence-corrected chi connectivity index (χ4v) is 1.35. The van der Waals surface area contributed by atoms with Gasteiger partial charge in [0.1, 0.15) is 11.6 Å². The minimum absolute atomic E-state index is 0.137. The average Bonchev–Trinajstić information content (AvgIpc) is 2.18. The van der Waals surface area contributed by atoms with E-state index in [0.29, 0.717) is 0 Å². The van der Waals surface area contributed by atoms with Crippen LogP contribution in [0.1, 0.15) is 0 Å². The molecule has 2 aromatic rings. The molecule has 78 valence electrons. The largest absolute Gasteiger partial charge is 0.494 e. The van der Waals surface area contributed by atoms with E-state index in [0.717, 1.165) is 16.7 Å². The summed E-state index contributed by atoms with van der Waals surface area (Å²) in [5.74, 6) is -0.480. The topological polar surface area (TPSA) is 63.6 Å². The van der Waals surface area contributed by atoms with Gasteiger partial charge in [-0.25, -0.2) is 9.18 Å². The number of methoxy groups -OCH3 is 1. The Morgan fingerprint density at radius 1 is 1.40 bits per heavy atom. The van der Waals surface area contributed by atoms with Gasteiger partial charge in [0.2, 0.25) is 0 Å². The van der Waals surface area contributed by atoms with Crippen molar-refractivity contribution in [2.24, 2.45) is 0 Å². The van der Waals surface area contributed by atoms with Crippen LogP contribution in [0.15, 0.2) is 27.9 Å². The van der Waals surface area contributed by atoms with Crippen LogP contribution in [-0.4, -0.2) is 16.5 Å². The van der Waals surface area contributed by atoms with Crippen molar-refractivity contribution in [2.75, 3.05) is 7.11 Å². The van der Waals surface area contributed by atoms with Crippen LogP contribution in [0.5, 0.6) is 5.75 Å². The lowest BCUT2D eigenvalue weighted by molar-refractivity contribution is 0.413. The second-order valence-corrected chi connectivity index (χ2v) is 2.92. The molecule has 0 aromatic carbocycles. The standard InChI is InChI=1S/C9H7FN2O3/c1-15-7-2-5(10)4-12-6(7)3-8(13)11-9(12)14/h2-4H,1H3,(H,11,13,14). The summed E-state index contributed by atoms with van der Waals surface area (Å²) in [6.45, 7) is 0. The van der Waals surface area contributed by atoms with Crippen molar-refractivity contribution in [1.29, 1.82) is 0 Å². The third kappa shape index (κ3) is 1.50. The zero-order valence-corrected chi connectivity index (χ0v) is 7.78. The van der Waals surface area contributed by atoms with Gasteiger partial charge in [-0.2, -0.15) is 0 Å². The van der Waals surface area contributed by atoms with E-state index in [2.05, 4.69) is 0 Å². The van der Waals surface area contributed by atoms with Gasteiger partial charge in [-0.3, -0.25) is 14.2 Å². The van der Waals surface area contributed by atoms with Crippen molar-refractivity contribution < 1.29 is 9.13 Å². The summed E-state index contributed by atoms with van der Waals surface area (Å²) in [6, 6.07) is 2.27. The van der Waals surface area contributed by atoms with Crippen LogP contribution in [0.2, 0.25) is 0 Å². The van der Waals surface area contributed by atoms with Crippen molar-refractivity contribution >= 4 is 5.52 Å². The van der Waals surface area contributed by atoms with Crippen LogP contribution in [0, 0.1) is 5.82 Å². The zero-order chi connectivity index (χ0) is 11.0. The SMILES string of the molecule is COc1cc(F)cn2c(=O)[nH]c(=O)cc12. The van der Waals surface area contributed by atoms with Crippen molar-refractivity contribution in [2.45, 2.75) is 0 Å². The first-order valence-corrected chi connectivity index (χ1v) is 4.11. The minimum atomic E-state index is -0.699. The Morgan fingerprint density at radius 3 is 2.80 bits per heavy atom. The van der Waals surface area contributed by atoms with Crippen molar-refractivity contribution in [3.63, 3.8) is 0 Å². The first-order valence-electron chi connectivity index (χ1n) is 4.11. The summed E-state index contributed by atoms with van der Waals surface area (Å²) in [6.07, 6.45) is 0.982. The lowest BCUT2D eigenvalue weighted by Crippen LogP contribution is -2.25. The monoisotopic (exact) mass is 210 g/mol. The van der Waals surface area contributed by atoms with E-state index < -0.39 is 17.1 Å². The predicted molar refractivity (Wildman–Crippen MR) is 50.8 cm³/mol. The number of nitrogens with zero attached hydrogens (tertiary/aromatic N) is 1. The van der Waals surface area contributed by atoms with E-state index in [-0.39, 0.29) is 11.3 Å². The van der Waals surface area contributed by atoms with Gasteiger partial charge in [0, 0.05) is 12.1 Å². The Bertz CT molecular complexity index is 629. The Balaban J connectivity index is 3.03. The maximum Gasteiger partial charge on any atom is 0.333 e. The Morgan fingerprint density at radius 2 is 2.13 bits per heavy atom. The van der Waals surface area contributed by atoms with Crippen LogP contribution < -0.4 is 16.0 Å². The first-order chi connectivity index (χ1) is 7.11. The summed E-state index contributed by atoms with van der Waals surface area (Å²) in [4.78, 5) is 24.4. The van der Waals surface area contributed by atoms with E-state index >= 15 is 0 Å². The fraction of sp³-hybridized carbons (Fsp3) is 0.111. The molecule has 2 aromatic heterocycles. The van der Waals surface area contributed by atoms with Crippen LogP contribution >= 0.6 is 0 Å². The maximum atomic E-state index is 13.0. The summed E-state index contributed by atoms with van der Waals surface area (Å²) in [5.41, 5.74) is -1.02. The van der Waals surface area contributed by atoms with Gasteiger partial charge in [0.15, 0.2) is 0 Å². The molecule has 0 fully saturated rings. The Kier molecular flexibility index (Phi) is 2.03. The molecule has 5 nitrogen and oxygen atoms in total. The van der Waals surface area contributed by atoms with Gasteiger partial charge in [-0.15, -0.1) is 0 Å². The van der Waals surface area contributed by atoms with Crippen molar-refractivity contribution in [1.82, 2.24) is 9.38 Å². The number of halogens is 1. The molecule has 0 aliphatic carbocycles. The molecule has 1 N–H and O–H groups in total. The number of pyridine rings is 1. The van der Waals surface area contributed by atoms with Crippen molar-refractivity contribution in [3.8, 4) is 5.75 Å². The highest BCUT2D eigenvalue weighted by Gasteiger charge is 2.06. The molecule has 2 heterocycles. The Labute approximate surface area is 82.7 Å². The van der Waals surface area contributed by atoms with Gasteiger partial charge in [0.25, 0.3) is 5.56 Å². The summed E-state index contributed by atoms with van der Waals surface area (Å²) in [7, 11) is 1.33. The van der Waals surface area contributed by atoms with Gasteiger partial charge < -0.3 is 4.74 Å². The van der Waals surface area contributed by atoms with E-state index in [1.807, 2.05) is 4.98 Å². The number of fused-ring (bicyclic) bond motifs is 1. The number of rotatable bonds is 1. The second-order valence-electron chi connectivity index (χ2n) is 2.92. The molecule has 0 radical (unpaired) electrons. The van der Waals surface area contributed by atoms with Gasteiger partial charge in [0.05, 0.1) is 18.8 Å². The number of hydrogen-bond acceptors (Lipinski definition) is 3. The van der Waals surface area contributed by atoms with Crippen LogP contribution in [-0.2, 0) is 0 Å². The van der Waals surface area contributed by atoms with E-state index in [9.17, 15) is 14.0 Å². The molecular formula is C9H7FN2O3. The van der Waals surface area contributed by atoms with Gasteiger partial charge >= 0.3 is 5.69 Å². The molecular weight excluding hydrogens is 203 g/mol. The van der Waals surface area contributed by atoms with E-state index in [1.165, 1.54) is 13.2 Å². The van der Waals surface area contributed by atoms with Crippen LogP contribution in [0.3, 0.4) is 0 Å². The van der Waals surface area contributed by atoms with Gasteiger partial charge in [-0.05, 0) is 0 Å². The average molecular weight is 210 g/mol. The van der Waals surface area contributed by atoms with Gasteiger partial charge in [-0.1, -0.05) is 0 Å². The first kappa shape index (κ1) is 9.45. The molecule has 0 atom stereocenters. The molecule has 0 saturated heterocycles. The molecule has 2 rings (SSSR count). The summed E-state index contributed by atoms with van der Waals surface area (Å²) < 4.78 is 18.9. The van der Waals surface area contributed by atoms with E-state index in [4.69, 9.17) is 4.74 Å².